The minimum atomic E-state index is 0.0304. The zero-order valence-corrected chi connectivity index (χ0v) is 10.8. The third-order valence-corrected chi connectivity index (χ3v) is 2.66. The molecule has 4 heteroatoms. The summed E-state index contributed by atoms with van der Waals surface area (Å²) in [5, 5.41) is 3.40. The summed E-state index contributed by atoms with van der Waals surface area (Å²) >= 11 is 0. The fraction of sp³-hybridized carbons (Fsp3) is 0.667. The first-order chi connectivity index (χ1) is 7.50. The Balaban J connectivity index is 2.93. The Hall–Kier alpha value is -1.32. The van der Waals surface area contributed by atoms with Gasteiger partial charge in [-0.05, 0) is 34.1 Å². The molecule has 0 spiro atoms. The maximum absolute atomic E-state index is 5.43. The molecule has 0 aliphatic heterocycles. The molecule has 0 unspecified atom stereocenters. The summed E-state index contributed by atoms with van der Waals surface area (Å²) in [4.78, 5) is 8.36. The molecule has 1 heterocycles. The van der Waals surface area contributed by atoms with Gasteiger partial charge in [-0.3, -0.25) is 0 Å². The predicted octanol–water partition coefficient (Wildman–Crippen LogP) is 2.78. The number of aromatic nitrogens is 2. The number of anilines is 1. The van der Waals surface area contributed by atoms with E-state index < -0.39 is 0 Å². The minimum absolute atomic E-state index is 0.0304. The van der Waals surface area contributed by atoms with Crippen LogP contribution < -0.4 is 10.1 Å². The van der Waals surface area contributed by atoms with Gasteiger partial charge in [-0.15, -0.1) is 0 Å². The molecule has 4 nitrogen and oxygen atoms in total. The predicted molar refractivity (Wildman–Crippen MR) is 65.9 cm³/mol. The summed E-state index contributed by atoms with van der Waals surface area (Å²) in [5.74, 6) is 1.51. The van der Waals surface area contributed by atoms with Crippen LogP contribution in [0.5, 0.6) is 5.88 Å². The Morgan fingerprint density at radius 1 is 1.31 bits per heavy atom. The Morgan fingerprint density at radius 3 is 2.56 bits per heavy atom. The average Bonchev–Trinajstić information content (AvgIpc) is 2.24. The van der Waals surface area contributed by atoms with Crippen molar-refractivity contribution >= 4 is 5.82 Å². The van der Waals surface area contributed by atoms with Crippen LogP contribution in [0.3, 0.4) is 0 Å². The van der Waals surface area contributed by atoms with Crippen molar-refractivity contribution in [2.45, 2.75) is 46.6 Å². The molecule has 0 radical (unpaired) electrons. The van der Waals surface area contributed by atoms with E-state index in [4.69, 9.17) is 4.74 Å². The second-order valence-electron chi connectivity index (χ2n) is 4.45. The van der Waals surface area contributed by atoms with Crippen molar-refractivity contribution in [3.63, 3.8) is 0 Å². The molecule has 1 N–H and O–H groups in total. The van der Waals surface area contributed by atoms with Crippen molar-refractivity contribution in [1.82, 2.24) is 9.97 Å². The monoisotopic (exact) mass is 223 g/mol. The lowest BCUT2D eigenvalue weighted by atomic mass is 10.0. The molecule has 0 aliphatic rings. The van der Waals surface area contributed by atoms with E-state index in [1.807, 2.05) is 13.8 Å². The topological polar surface area (TPSA) is 47.0 Å². The van der Waals surface area contributed by atoms with Crippen molar-refractivity contribution < 1.29 is 4.74 Å². The molecule has 1 aromatic heterocycles. The van der Waals surface area contributed by atoms with E-state index in [1.54, 1.807) is 0 Å². The van der Waals surface area contributed by atoms with Crippen molar-refractivity contribution in [2.75, 3.05) is 11.9 Å². The van der Waals surface area contributed by atoms with Crippen LogP contribution in [0.25, 0.3) is 0 Å². The number of nitrogens with zero attached hydrogens (tertiary/aromatic N) is 2. The smallest absolute Gasteiger partial charge is 0.221 e. The SMILES string of the molecule is CCOc1ncnc(NC(C)(C)CC)c1C. The molecule has 0 aromatic carbocycles. The van der Waals surface area contributed by atoms with Gasteiger partial charge in [-0.2, -0.15) is 0 Å². The summed E-state index contributed by atoms with van der Waals surface area (Å²) in [5.41, 5.74) is 0.994. The maximum atomic E-state index is 5.43. The summed E-state index contributed by atoms with van der Waals surface area (Å²) in [6.07, 6.45) is 2.56. The van der Waals surface area contributed by atoms with Crippen LogP contribution in [0.2, 0.25) is 0 Å². The van der Waals surface area contributed by atoms with Gasteiger partial charge in [0.1, 0.15) is 12.1 Å². The maximum Gasteiger partial charge on any atom is 0.221 e. The lowest BCUT2D eigenvalue weighted by Crippen LogP contribution is -2.30. The average molecular weight is 223 g/mol. The first kappa shape index (κ1) is 12.7. The molecule has 0 bridgehead atoms. The van der Waals surface area contributed by atoms with Gasteiger partial charge >= 0.3 is 0 Å². The number of rotatable bonds is 5. The molecule has 1 rings (SSSR count). The molecule has 90 valence electrons. The quantitative estimate of drug-likeness (QED) is 0.833. The van der Waals surface area contributed by atoms with Crippen molar-refractivity contribution in [2.24, 2.45) is 0 Å². The first-order valence-corrected chi connectivity index (χ1v) is 5.72. The van der Waals surface area contributed by atoms with E-state index in [2.05, 4.69) is 36.1 Å². The van der Waals surface area contributed by atoms with Crippen LogP contribution in [0, 0.1) is 6.92 Å². The molecule has 0 saturated heterocycles. The van der Waals surface area contributed by atoms with Gasteiger partial charge in [0.05, 0.1) is 12.2 Å². The first-order valence-electron chi connectivity index (χ1n) is 5.72. The van der Waals surface area contributed by atoms with E-state index in [-0.39, 0.29) is 5.54 Å². The van der Waals surface area contributed by atoms with E-state index in [1.165, 1.54) is 6.33 Å². The van der Waals surface area contributed by atoms with Crippen LogP contribution in [0.1, 0.15) is 39.7 Å². The highest BCUT2D eigenvalue weighted by Crippen LogP contribution is 2.24. The third kappa shape index (κ3) is 3.08. The minimum Gasteiger partial charge on any atom is -0.478 e. The molecule has 0 fully saturated rings. The number of nitrogens with one attached hydrogen (secondary N) is 1. The fourth-order valence-electron chi connectivity index (χ4n) is 1.25. The standard InChI is InChI=1S/C12H21N3O/c1-6-12(4,5)15-10-9(3)11(16-7-2)14-8-13-10/h8H,6-7H2,1-5H3,(H,13,14,15). The van der Waals surface area contributed by atoms with E-state index >= 15 is 0 Å². The van der Waals surface area contributed by atoms with Gasteiger partial charge in [0, 0.05) is 5.54 Å². The second kappa shape index (κ2) is 5.14. The highest BCUT2D eigenvalue weighted by Gasteiger charge is 2.17. The van der Waals surface area contributed by atoms with Gasteiger partial charge in [0.25, 0.3) is 0 Å². The summed E-state index contributed by atoms with van der Waals surface area (Å²) in [6, 6.07) is 0. The lowest BCUT2D eigenvalue weighted by Gasteiger charge is -2.26. The second-order valence-corrected chi connectivity index (χ2v) is 4.45. The van der Waals surface area contributed by atoms with E-state index in [0.29, 0.717) is 12.5 Å². The van der Waals surface area contributed by atoms with Crippen molar-refractivity contribution in [1.29, 1.82) is 0 Å². The fourth-order valence-corrected chi connectivity index (χ4v) is 1.25. The van der Waals surface area contributed by atoms with Gasteiger partial charge in [-0.25, -0.2) is 9.97 Å². The Labute approximate surface area is 97.5 Å². The number of hydrogen-bond acceptors (Lipinski definition) is 4. The Morgan fingerprint density at radius 2 is 2.00 bits per heavy atom. The molecule has 1 aromatic rings. The zero-order valence-electron chi connectivity index (χ0n) is 10.8. The Kier molecular flexibility index (Phi) is 4.10. The molecular weight excluding hydrogens is 202 g/mol. The van der Waals surface area contributed by atoms with Crippen molar-refractivity contribution in [3.8, 4) is 5.88 Å². The van der Waals surface area contributed by atoms with Crippen LogP contribution in [0.4, 0.5) is 5.82 Å². The Bertz CT molecular complexity index is 350. The van der Waals surface area contributed by atoms with E-state index in [0.717, 1.165) is 17.8 Å². The summed E-state index contributed by atoms with van der Waals surface area (Å²) in [7, 11) is 0. The summed E-state index contributed by atoms with van der Waals surface area (Å²) in [6.45, 7) is 11.0. The van der Waals surface area contributed by atoms with Gasteiger partial charge in [0.2, 0.25) is 5.88 Å². The van der Waals surface area contributed by atoms with Crippen LogP contribution in [-0.4, -0.2) is 22.1 Å². The van der Waals surface area contributed by atoms with Crippen LogP contribution in [0.15, 0.2) is 6.33 Å². The largest absolute Gasteiger partial charge is 0.478 e. The van der Waals surface area contributed by atoms with Gasteiger partial charge in [0.15, 0.2) is 0 Å². The highest BCUT2D eigenvalue weighted by molar-refractivity contribution is 5.49. The zero-order chi connectivity index (χ0) is 12.2. The molecule has 0 amide bonds. The number of hydrogen-bond donors (Lipinski definition) is 1. The molecule has 0 saturated carbocycles. The van der Waals surface area contributed by atoms with Gasteiger partial charge < -0.3 is 10.1 Å². The van der Waals surface area contributed by atoms with Gasteiger partial charge in [-0.1, -0.05) is 6.92 Å². The van der Waals surface area contributed by atoms with Crippen LogP contribution >= 0.6 is 0 Å². The molecule has 16 heavy (non-hydrogen) atoms. The van der Waals surface area contributed by atoms with Crippen LogP contribution in [-0.2, 0) is 0 Å². The molecular formula is C12H21N3O. The van der Waals surface area contributed by atoms with Crippen molar-refractivity contribution in [3.05, 3.63) is 11.9 Å². The molecule has 0 aliphatic carbocycles. The highest BCUT2D eigenvalue weighted by atomic mass is 16.5. The number of ether oxygens (including phenoxy) is 1. The lowest BCUT2D eigenvalue weighted by molar-refractivity contribution is 0.323. The summed E-state index contributed by atoms with van der Waals surface area (Å²) < 4.78 is 5.43. The van der Waals surface area contributed by atoms with E-state index in [9.17, 15) is 0 Å². The third-order valence-electron chi connectivity index (χ3n) is 2.66. The molecule has 0 atom stereocenters. The normalized spacial score (nSPS) is 11.3.